The van der Waals surface area contributed by atoms with Crippen LogP contribution in [0.5, 0.6) is 0 Å². The van der Waals surface area contributed by atoms with Crippen molar-refractivity contribution in [1.29, 1.82) is 0 Å². The molecule has 1 amide bonds. The number of ether oxygens (including phenoxy) is 1. The number of benzene rings is 2. The number of fused-ring (bicyclic) bond motifs is 1. The van der Waals surface area contributed by atoms with E-state index in [-0.39, 0.29) is 18.4 Å². The summed E-state index contributed by atoms with van der Waals surface area (Å²) in [5.41, 5.74) is 2.78. The van der Waals surface area contributed by atoms with Crippen LogP contribution in [0.4, 0.5) is 5.69 Å². The van der Waals surface area contributed by atoms with Gasteiger partial charge in [-0.05, 0) is 29.8 Å². The van der Waals surface area contributed by atoms with Gasteiger partial charge in [0, 0.05) is 12.2 Å². The second-order valence-corrected chi connectivity index (χ2v) is 6.01. The summed E-state index contributed by atoms with van der Waals surface area (Å²) in [4.78, 5) is 27.0. The largest absolute Gasteiger partial charge is 0.468 e. The minimum atomic E-state index is -0.478. The maximum atomic E-state index is 13.2. The van der Waals surface area contributed by atoms with E-state index in [2.05, 4.69) is 5.10 Å². The summed E-state index contributed by atoms with van der Waals surface area (Å²) in [5, 5.41) is 4.28. The number of nitrogens with zero attached hydrogens (tertiary/aromatic N) is 3. The summed E-state index contributed by atoms with van der Waals surface area (Å²) in [6.07, 6.45) is 1.60. The van der Waals surface area contributed by atoms with Crippen LogP contribution in [0.1, 0.15) is 22.0 Å². The molecule has 0 fully saturated rings. The summed E-state index contributed by atoms with van der Waals surface area (Å²) < 4.78 is 6.52. The van der Waals surface area contributed by atoms with Gasteiger partial charge in [0.2, 0.25) is 0 Å². The summed E-state index contributed by atoms with van der Waals surface area (Å²) in [6.45, 7) is 0.255. The fourth-order valence-corrected chi connectivity index (χ4v) is 3.32. The molecule has 1 aromatic heterocycles. The van der Waals surface area contributed by atoms with Gasteiger partial charge in [-0.3, -0.25) is 9.59 Å². The molecule has 0 bridgehead atoms. The molecule has 130 valence electrons. The molecule has 26 heavy (non-hydrogen) atoms. The third kappa shape index (κ3) is 2.56. The number of para-hydroxylation sites is 2. The first-order valence-corrected chi connectivity index (χ1v) is 8.29. The summed E-state index contributed by atoms with van der Waals surface area (Å²) in [6, 6.07) is 18.6. The van der Waals surface area contributed by atoms with Gasteiger partial charge in [0.1, 0.15) is 11.6 Å². The Morgan fingerprint density at radius 3 is 2.54 bits per heavy atom. The monoisotopic (exact) mass is 347 g/mol. The second-order valence-electron chi connectivity index (χ2n) is 6.01. The average molecular weight is 347 g/mol. The normalized spacial score (nSPS) is 15.6. The smallest absolute Gasteiger partial charge is 0.315 e. The van der Waals surface area contributed by atoms with E-state index in [1.165, 1.54) is 7.11 Å². The summed E-state index contributed by atoms with van der Waals surface area (Å²) >= 11 is 0. The lowest BCUT2D eigenvalue weighted by Crippen LogP contribution is -2.33. The number of hydrogen-bond donors (Lipinski definition) is 0. The molecule has 1 aliphatic heterocycles. The molecule has 2 aromatic carbocycles. The van der Waals surface area contributed by atoms with Crippen molar-refractivity contribution < 1.29 is 14.3 Å². The van der Waals surface area contributed by atoms with Gasteiger partial charge in [-0.1, -0.05) is 36.4 Å². The molecule has 1 aliphatic rings. The van der Waals surface area contributed by atoms with Crippen molar-refractivity contribution in [1.82, 2.24) is 9.78 Å². The van der Waals surface area contributed by atoms with Crippen LogP contribution < -0.4 is 4.90 Å². The molecule has 0 spiro atoms. The highest BCUT2D eigenvalue weighted by Gasteiger charge is 2.38. The van der Waals surface area contributed by atoms with Crippen molar-refractivity contribution in [2.24, 2.45) is 0 Å². The highest BCUT2D eigenvalue weighted by molar-refractivity contribution is 6.08. The van der Waals surface area contributed by atoms with Crippen molar-refractivity contribution in [2.45, 2.75) is 5.92 Å². The Kier molecular flexibility index (Phi) is 4.01. The molecule has 1 unspecified atom stereocenters. The van der Waals surface area contributed by atoms with Crippen molar-refractivity contribution in [3.63, 3.8) is 0 Å². The minimum Gasteiger partial charge on any atom is -0.468 e. The predicted octanol–water partition coefficient (Wildman–Crippen LogP) is 2.79. The Labute approximate surface area is 150 Å². The molecule has 1 atom stereocenters. The zero-order chi connectivity index (χ0) is 18.1. The zero-order valence-electron chi connectivity index (χ0n) is 14.2. The number of carbonyl (C=O) groups excluding carboxylic acids is 2. The lowest BCUT2D eigenvalue weighted by molar-refractivity contribution is -0.141. The van der Waals surface area contributed by atoms with E-state index in [9.17, 15) is 9.59 Å². The van der Waals surface area contributed by atoms with Gasteiger partial charge in [-0.2, -0.15) is 5.10 Å². The van der Waals surface area contributed by atoms with Crippen molar-refractivity contribution in [2.75, 3.05) is 18.6 Å². The third-order valence-electron chi connectivity index (χ3n) is 4.56. The Morgan fingerprint density at radius 2 is 1.77 bits per heavy atom. The Hall–Kier alpha value is -3.41. The second kappa shape index (κ2) is 6.48. The van der Waals surface area contributed by atoms with Gasteiger partial charge >= 0.3 is 5.97 Å². The zero-order valence-corrected chi connectivity index (χ0v) is 14.2. The SMILES string of the molecule is COC(=O)C1CN(C(=O)c2ccnn2-c2ccccc2)c2ccccc21. The standard InChI is InChI=1S/C20H17N3O3/c1-26-20(25)16-13-22(17-10-6-5-9-15(16)17)19(24)18-11-12-21-23(18)14-7-3-2-4-8-14/h2-12,16H,13H2,1H3. The molecule has 6 heteroatoms. The fraction of sp³-hybridized carbons (Fsp3) is 0.150. The van der Waals surface area contributed by atoms with Crippen molar-refractivity contribution in [3.05, 3.63) is 78.1 Å². The van der Waals surface area contributed by atoms with E-state index in [1.54, 1.807) is 21.8 Å². The molecular weight excluding hydrogens is 330 g/mol. The highest BCUT2D eigenvalue weighted by atomic mass is 16.5. The number of anilines is 1. The van der Waals surface area contributed by atoms with Gasteiger partial charge in [-0.15, -0.1) is 0 Å². The van der Waals surface area contributed by atoms with Crippen LogP contribution in [0, 0.1) is 0 Å². The van der Waals surface area contributed by atoms with Crippen LogP contribution in [0.2, 0.25) is 0 Å². The summed E-state index contributed by atoms with van der Waals surface area (Å²) in [5.74, 6) is -1.03. The first-order valence-electron chi connectivity index (χ1n) is 8.29. The van der Waals surface area contributed by atoms with E-state index in [1.807, 2.05) is 54.6 Å². The van der Waals surface area contributed by atoms with Crippen molar-refractivity contribution >= 4 is 17.6 Å². The first kappa shape index (κ1) is 16.1. The van der Waals surface area contributed by atoms with Gasteiger partial charge < -0.3 is 9.64 Å². The van der Waals surface area contributed by atoms with E-state index in [0.717, 1.165) is 16.9 Å². The lowest BCUT2D eigenvalue weighted by atomic mass is 10.0. The van der Waals surface area contributed by atoms with Crippen LogP contribution in [-0.2, 0) is 9.53 Å². The van der Waals surface area contributed by atoms with E-state index < -0.39 is 5.92 Å². The van der Waals surface area contributed by atoms with E-state index >= 15 is 0 Å². The number of methoxy groups -OCH3 is 1. The number of aromatic nitrogens is 2. The molecule has 4 rings (SSSR count). The molecule has 0 aliphatic carbocycles. The number of hydrogen-bond acceptors (Lipinski definition) is 4. The topological polar surface area (TPSA) is 64.4 Å². The molecule has 0 saturated heterocycles. The van der Waals surface area contributed by atoms with Crippen LogP contribution in [0.15, 0.2) is 66.9 Å². The average Bonchev–Trinajstić information content (AvgIpc) is 3.33. The quantitative estimate of drug-likeness (QED) is 0.684. The van der Waals surface area contributed by atoms with Crippen molar-refractivity contribution in [3.8, 4) is 5.69 Å². The predicted molar refractivity (Wildman–Crippen MR) is 96.4 cm³/mol. The van der Waals surface area contributed by atoms with Crippen LogP contribution in [0.3, 0.4) is 0 Å². The van der Waals surface area contributed by atoms with E-state index in [0.29, 0.717) is 5.69 Å². The van der Waals surface area contributed by atoms with Gasteiger partial charge in [0.15, 0.2) is 0 Å². The highest BCUT2D eigenvalue weighted by Crippen LogP contribution is 2.37. The molecular formula is C20H17N3O3. The Balaban J connectivity index is 1.73. The van der Waals surface area contributed by atoms with Crippen LogP contribution >= 0.6 is 0 Å². The maximum Gasteiger partial charge on any atom is 0.315 e. The van der Waals surface area contributed by atoms with Crippen LogP contribution in [0.25, 0.3) is 5.69 Å². The number of esters is 1. The molecule has 6 nitrogen and oxygen atoms in total. The number of carbonyl (C=O) groups is 2. The van der Waals surface area contributed by atoms with Gasteiger partial charge in [0.25, 0.3) is 5.91 Å². The molecule has 3 aromatic rings. The molecule has 2 heterocycles. The fourth-order valence-electron chi connectivity index (χ4n) is 3.32. The maximum absolute atomic E-state index is 13.2. The Bertz CT molecular complexity index is 965. The molecule has 0 saturated carbocycles. The minimum absolute atomic E-state index is 0.204. The Morgan fingerprint density at radius 1 is 1.04 bits per heavy atom. The van der Waals surface area contributed by atoms with E-state index in [4.69, 9.17) is 4.74 Å². The number of amides is 1. The molecule has 0 radical (unpaired) electrons. The third-order valence-corrected chi connectivity index (χ3v) is 4.56. The lowest BCUT2D eigenvalue weighted by Gasteiger charge is -2.18. The van der Waals surface area contributed by atoms with Gasteiger partial charge in [0.05, 0.1) is 19.0 Å². The number of rotatable bonds is 3. The van der Waals surface area contributed by atoms with Gasteiger partial charge in [-0.25, -0.2) is 4.68 Å². The summed E-state index contributed by atoms with van der Waals surface area (Å²) in [7, 11) is 1.36. The first-order chi connectivity index (χ1) is 12.7. The van der Waals surface area contributed by atoms with Crippen LogP contribution in [-0.4, -0.2) is 35.3 Å². The molecule has 0 N–H and O–H groups in total.